The molecule has 1 fully saturated rings. The highest BCUT2D eigenvalue weighted by Crippen LogP contribution is 2.34. The number of aryl methyl sites for hydroxylation is 1. The molecule has 1 atom stereocenters. The molecule has 0 radical (unpaired) electrons. The van der Waals surface area contributed by atoms with E-state index in [4.69, 9.17) is 0 Å². The van der Waals surface area contributed by atoms with Gasteiger partial charge in [-0.2, -0.15) is 0 Å². The van der Waals surface area contributed by atoms with Crippen molar-refractivity contribution >= 4 is 11.3 Å². The highest BCUT2D eigenvalue weighted by Gasteiger charge is 2.34. The third-order valence-corrected chi connectivity index (χ3v) is 4.89. The first-order valence-electron chi connectivity index (χ1n) is 7.41. The molecule has 1 N–H and O–H groups in total. The number of aliphatic hydroxyl groups is 1. The van der Waals surface area contributed by atoms with E-state index in [0.29, 0.717) is 0 Å². The number of hydrogen-bond acceptors (Lipinski definition) is 4. The maximum absolute atomic E-state index is 9.87. The summed E-state index contributed by atoms with van der Waals surface area (Å²) in [7, 11) is 0. The molecular weight excluding hydrogens is 268 g/mol. The summed E-state index contributed by atoms with van der Waals surface area (Å²) < 4.78 is 0. The van der Waals surface area contributed by atoms with Crippen molar-refractivity contribution in [3.8, 4) is 0 Å². The number of aliphatic hydroxyl groups excluding tert-OH is 1. The van der Waals surface area contributed by atoms with Gasteiger partial charge in [0.05, 0.1) is 17.3 Å². The molecule has 1 saturated heterocycles. The smallest absolute Gasteiger partial charge is 0.0897 e. The zero-order valence-corrected chi connectivity index (χ0v) is 13.7. The molecule has 0 bridgehead atoms. The van der Waals surface area contributed by atoms with Gasteiger partial charge in [-0.3, -0.25) is 4.90 Å². The maximum Gasteiger partial charge on any atom is 0.0897 e. The molecule has 0 unspecified atom stereocenters. The van der Waals surface area contributed by atoms with E-state index in [-0.39, 0.29) is 12.0 Å². The van der Waals surface area contributed by atoms with Gasteiger partial charge >= 0.3 is 0 Å². The van der Waals surface area contributed by atoms with Gasteiger partial charge in [0.25, 0.3) is 0 Å². The standard InChI is InChI=1S/C16H26N2OS/c1-13(2)5-7-16(12-19)6-4-8-18(11-16)9-15-10-20-14(3)17-15/h5,10,19H,4,6-9,11-12H2,1-3H3/t16-/m1/s1. The van der Waals surface area contributed by atoms with Crippen LogP contribution in [0.25, 0.3) is 0 Å². The molecule has 0 saturated carbocycles. The maximum atomic E-state index is 9.87. The highest BCUT2D eigenvalue weighted by atomic mass is 32.1. The van der Waals surface area contributed by atoms with E-state index in [0.717, 1.165) is 37.5 Å². The summed E-state index contributed by atoms with van der Waals surface area (Å²) in [6.07, 6.45) is 5.55. The lowest BCUT2D eigenvalue weighted by Crippen LogP contribution is -2.44. The van der Waals surface area contributed by atoms with Crippen molar-refractivity contribution in [2.45, 2.75) is 46.6 Å². The molecule has 1 aliphatic heterocycles. The number of rotatable bonds is 5. The third kappa shape index (κ3) is 4.14. The number of likely N-dealkylation sites (tertiary alicyclic amines) is 1. The van der Waals surface area contributed by atoms with E-state index in [1.54, 1.807) is 11.3 Å². The fourth-order valence-corrected chi connectivity index (χ4v) is 3.54. The van der Waals surface area contributed by atoms with Crippen LogP contribution in [0.15, 0.2) is 17.0 Å². The zero-order chi connectivity index (χ0) is 14.6. The molecule has 0 amide bonds. The Morgan fingerprint density at radius 2 is 2.35 bits per heavy atom. The van der Waals surface area contributed by atoms with E-state index in [9.17, 15) is 5.11 Å². The van der Waals surface area contributed by atoms with E-state index < -0.39 is 0 Å². The molecule has 0 aromatic carbocycles. The van der Waals surface area contributed by atoms with Crippen molar-refractivity contribution in [1.29, 1.82) is 0 Å². The van der Waals surface area contributed by atoms with Crippen LogP contribution < -0.4 is 0 Å². The lowest BCUT2D eigenvalue weighted by molar-refractivity contribution is 0.0303. The first-order chi connectivity index (χ1) is 9.53. The average Bonchev–Trinajstić information content (AvgIpc) is 2.82. The van der Waals surface area contributed by atoms with Gasteiger partial charge in [0.1, 0.15) is 0 Å². The van der Waals surface area contributed by atoms with Crippen molar-refractivity contribution in [3.05, 3.63) is 27.7 Å². The predicted octanol–water partition coefficient (Wildman–Crippen LogP) is 3.38. The number of thiazole rings is 1. The van der Waals surface area contributed by atoms with Gasteiger partial charge in [-0.1, -0.05) is 11.6 Å². The largest absolute Gasteiger partial charge is 0.396 e. The van der Waals surface area contributed by atoms with Crippen LogP contribution in [0.5, 0.6) is 0 Å². The number of piperidine rings is 1. The fourth-order valence-electron chi connectivity index (χ4n) is 2.94. The SMILES string of the molecule is CC(C)=CC[C@]1(CO)CCCN(Cc2csc(C)n2)C1. The normalized spacial score (nSPS) is 23.8. The lowest BCUT2D eigenvalue weighted by atomic mass is 9.77. The number of nitrogens with zero attached hydrogens (tertiary/aromatic N) is 2. The van der Waals surface area contributed by atoms with Gasteiger partial charge in [0.15, 0.2) is 0 Å². The Hall–Kier alpha value is -0.710. The lowest BCUT2D eigenvalue weighted by Gasteiger charge is -2.41. The summed E-state index contributed by atoms with van der Waals surface area (Å²) in [5.74, 6) is 0. The molecule has 0 aliphatic carbocycles. The van der Waals surface area contributed by atoms with Gasteiger partial charge in [-0.25, -0.2) is 4.98 Å². The van der Waals surface area contributed by atoms with E-state index >= 15 is 0 Å². The first-order valence-corrected chi connectivity index (χ1v) is 8.28. The minimum absolute atomic E-state index is 0.0422. The van der Waals surface area contributed by atoms with Crippen molar-refractivity contribution in [1.82, 2.24) is 9.88 Å². The molecular formula is C16H26N2OS. The Kier molecular flexibility index (Phi) is 5.35. The zero-order valence-electron chi connectivity index (χ0n) is 12.9. The highest BCUT2D eigenvalue weighted by molar-refractivity contribution is 7.09. The Balaban J connectivity index is 2.00. The summed E-state index contributed by atoms with van der Waals surface area (Å²) in [4.78, 5) is 7.01. The van der Waals surface area contributed by atoms with Gasteiger partial charge in [0, 0.05) is 23.9 Å². The fraction of sp³-hybridized carbons (Fsp3) is 0.688. The summed E-state index contributed by atoms with van der Waals surface area (Å²) in [5, 5.41) is 13.2. The van der Waals surface area contributed by atoms with Crippen molar-refractivity contribution in [3.63, 3.8) is 0 Å². The van der Waals surface area contributed by atoms with E-state index in [1.807, 2.05) is 0 Å². The second-order valence-corrected chi connectivity index (χ2v) is 7.38. The Morgan fingerprint density at radius 1 is 1.55 bits per heavy atom. The van der Waals surface area contributed by atoms with Gasteiger partial charge < -0.3 is 5.11 Å². The van der Waals surface area contributed by atoms with Crippen molar-refractivity contribution < 1.29 is 5.11 Å². The minimum atomic E-state index is 0.0422. The molecule has 1 aliphatic rings. The molecule has 3 nitrogen and oxygen atoms in total. The van der Waals surface area contributed by atoms with Gasteiger partial charge in [0.2, 0.25) is 0 Å². The van der Waals surface area contributed by atoms with Gasteiger partial charge in [-0.05, 0) is 46.6 Å². The van der Waals surface area contributed by atoms with Crippen LogP contribution in [-0.2, 0) is 6.54 Å². The van der Waals surface area contributed by atoms with Crippen LogP contribution in [0, 0.1) is 12.3 Å². The minimum Gasteiger partial charge on any atom is -0.396 e. The molecule has 1 aromatic heterocycles. The van der Waals surface area contributed by atoms with Gasteiger partial charge in [-0.15, -0.1) is 11.3 Å². The molecule has 2 rings (SSSR count). The average molecular weight is 294 g/mol. The van der Waals surface area contributed by atoms with Crippen LogP contribution in [0.4, 0.5) is 0 Å². The Bertz CT molecular complexity index is 465. The summed E-state index contributed by atoms with van der Waals surface area (Å²) in [6.45, 7) is 9.60. The van der Waals surface area contributed by atoms with Crippen molar-refractivity contribution in [2.75, 3.05) is 19.7 Å². The topological polar surface area (TPSA) is 36.4 Å². The Morgan fingerprint density at radius 3 is 2.95 bits per heavy atom. The van der Waals surface area contributed by atoms with Crippen LogP contribution in [-0.4, -0.2) is 34.7 Å². The number of hydrogen-bond donors (Lipinski definition) is 1. The van der Waals surface area contributed by atoms with Crippen LogP contribution in [0.1, 0.15) is 43.8 Å². The van der Waals surface area contributed by atoms with Crippen LogP contribution >= 0.6 is 11.3 Å². The quantitative estimate of drug-likeness (QED) is 0.846. The second kappa shape index (κ2) is 6.83. The monoisotopic (exact) mass is 294 g/mol. The second-order valence-electron chi connectivity index (χ2n) is 6.32. The number of aromatic nitrogens is 1. The molecule has 1 aromatic rings. The predicted molar refractivity (Wildman–Crippen MR) is 84.9 cm³/mol. The van der Waals surface area contributed by atoms with Crippen molar-refractivity contribution in [2.24, 2.45) is 5.41 Å². The molecule has 0 spiro atoms. The van der Waals surface area contributed by atoms with Crippen LogP contribution in [0.2, 0.25) is 0 Å². The summed E-state index contributed by atoms with van der Waals surface area (Å²) >= 11 is 1.72. The number of allylic oxidation sites excluding steroid dienone is 2. The van der Waals surface area contributed by atoms with E-state index in [1.165, 1.54) is 17.7 Å². The molecule has 112 valence electrons. The third-order valence-electron chi connectivity index (χ3n) is 4.07. The van der Waals surface area contributed by atoms with Crippen LogP contribution in [0.3, 0.4) is 0 Å². The van der Waals surface area contributed by atoms with E-state index in [2.05, 4.69) is 42.1 Å². The Labute approximate surface area is 126 Å². The molecule has 20 heavy (non-hydrogen) atoms. The summed E-state index contributed by atoms with van der Waals surface area (Å²) in [5.41, 5.74) is 2.55. The summed E-state index contributed by atoms with van der Waals surface area (Å²) in [6, 6.07) is 0. The molecule has 4 heteroatoms. The molecule has 2 heterocycles. The first kappa shape index (κ1) is 15.7.